The molecule has 0 fully saturated rings. The highest BCUT2D eigenvalue weighted by atomic mass is 79.9. The second-order valence-corrected chi connectivity index (χ2v) is 6.43. The average Bonchev–Trinajstić information content (AvgIpc) is 2.27. The lowest BCUT2D eigenvalue weighted by molar-refractivity contribution is 0.0424. The topological polar surface area (TPSA) is 41.9 Å². The van der Waals surface area contributed by atoms with E-state index in [0.717, 1.165) is 28.1 Å². The molecule has 1 aromatic rings. The molecule has 0 aliphatic carbocycles. The molecule has 0 unspecified atom stereocenters. The van der Waals surface area contributed by atoms with Crippen LogP contribution < -0.4 is 9.47 Å². The first-order valence-electron chi connectivity index (χ1n) is 6.34. The minimum atomic E-state index is -0.699. The molecule has 0 amide bonds. The molecule has 1 aliphatic heterocycles. The Balaban J connectivity index is 2.12. The molecule has 1 heterocycles. The van der Waals surface area contributed by atoms with E-state index in [0.29, 0.717) is 19.8 Å². The summed E-state index contributed by atoms with van der Waals surface area (Å²) in [6.45, 7) is 6.14. The molecular weight excluding hydrogens is 310 g/mol. The summed E-state index contributed by atoms with van der Waals surface area (Å²) in [6.07, 6.45) is 0. The number of halogens is 1. The Bertz CT molecular complexity index is 457. The largest absolute Gasteiger partial charge is 0.486 e. The van der Waals surface area contributed by atoms with E-state index in [-0.39, 0.29) is 0 Å². The summed E-state index contributed by atoms with van der Waals surface area (Å²) in [5.74, 6) is 1.58. The van der Waals surface area contributed by atoms with E-state index in [1.165, 1.54) is 0 Å². The van der Waals surface area contributed by atoms with E-state index in [2.05, 4.69) is 20.8 Å². The number of rotatable bonds is 4. The van der Waals surface area contributed by atoms with Gasteiger partial charge in [-0.15, -0.1) is 0 Å². The zero-order valence-corrected chi connectivity index (χ0v) is 13.2. The van der Waals surface area contributed by atoms with Crippen LogP contribution in [0.4, 0.5) is 0 Å². The van der Waals surface area contributed by atoms with Crippen molar-refractivity contribution in [2.24, 2.45) is 0 Å². The fourth-order valence-electron chi connectivity index (χ4n) is 2.23. The monoisotopic (exact) mass is 329 g/mol. The molecule has 1 N–H and O–H groups in total. The standard InChI is InChI=1S/C14H20BrNO3/c1-14(2,17)9-16(3)8-10-6-12-13(7-11(10)15)19-5-4-18-12/h6-7,17H,4-5,8-9H2,1-3H3. The molecule has 0 saturated heterocycles. The van der Waals surface area contributed by atoms with Crippen LogP contribution in [0.15, 0.2) is 16.6 Å². The zero-order valence-electron chi connectivity index (χ0n) is 11.6. The second-order valence-electron chi connectivity index (χ2n) is 5.57. The van der Waals surface area contributed by atoms with E-state index in [9.17, 15) is 5.11 Å². The summed E-state index contributed by atoms with van der Waals surface area (Å²) in [5, 5.41) is 9.83. The highest BCUT2D eigenvalue weighted by Crippen LogP contribution is 2.35. The highest BCUT2D eigenvalue weighted by molar-refractivity contribution is 9.10. The second kappa shape index (κ2) is 5.69. The number of nitrogens with zero attached hydrogens (tertiary/aromatic N) is 1. The van der Waals surface area contributed by atoms with Crippen LogP contribution in [0.5, 0.6) is 11.5 Å². The maximum atomic E-state index is 9.83. The van der Waals surface area contributed by atoms with Gasteiger partial charge in [0.05, 0.1) is 5.60 Å². The number of likely N-dealkylation sites (N-methyl/N-ethyl adjacent to an activating group) is 1. The molecule has 4 nitrogen and oxygen atoms in total. The van der Waals surface area contributed by atoms with Gasteiger partial charge in [-0.2, -0.15) is 0 Å². The Morgan fingerprint density at radius 1 is 1.26 bits per heavy atom. The van der Waals surface area contributed by atoms with Crippen LogP contribution in [0.1, 0.15) is 19.4 Å². The van der Waals surface area contributed by atoms with Crippen LogP contribution >= 0.6 is 15.9 Å². The van der Waals surface area contributed by atoms with Crippen LogP contribution in [0.25, 0.3) is 0 Å². The van der Waals surface area contributed by atoms with Gasteiger partial charge >= 0.3 is 0 Å². The third-order valence-electron chi connectivity index (χ3n) is 2.81. The van der Waals surface area contributed by atoms with Crippen molar-refractivity contribution >= 4 is 15.9 Å². The van der Waals surface area contributed by atoms with E-state index in [1.807, 2.05) is 33.0 Å². The van der Waals surface area contributed by atoms with Crippen molar-refractivity contribution in [3.05, 3.63) is 22.2 Å². The van der Waals surface area contributed by atoms with E-state index >= 15 is 0 Å². The summed E-state index contributed by atoms with van der Waals surface area (Å²) >= 11 is 3.56. The van der Waals surface area contributed by atoms with Crippen LogP contribution in [-0.2, 0) is 6.54 Å². The molecule has 106 valence electrons. The van der Waals surface area contributed by atoms with Gasteiger partial charge in [0.2, 0.25) is 0 Å². The number of hydrogen-bond acceptors (Lipinski definition) is 4. The Morgan fingerprint density at radius 2 is 1.84 bits per heavy atom. The van der Waals surface area contributed by atoms with Crippen molar-refractivity contribution in [1.82, 2.24) is 4.90 Å². The van der Waals surface area contributed by atoms with Gasteiger partial charge in [-0.25, -0.2) is 0 Å². The number of fused-ring (bicyclic) bond motifs is 1. The molecule has 0 spiro atoms. The Kier molecular flexibility index (Phi) is 4.38. The molecule has 0 atom stereocenters. The lowest BCUT2D eigenvalue weighted by atomic mass is 10.1. The Hall–Kier alpha value is -0.780. The van der Waals surface area contributed by atoms with Crippen LogP contribution in [-0.4, -0.2) is 42.4 Å². The summed E-state index contributed by atoms with van der Waals surface area (Å²) in [4.78, 5) is 2.08. The molecule has 1 aromatic carbocycles. The quantitative estimate of drug-likeness (QED) is 0.921. The van der Waals surface area contributed by atoms with Crippen LogP contribution in [0.3, 0.4) is 0 Å². The fraction of sp³-hybridized carbons (Fsp3) is 0.571. The third kappa shape index (κ3) is 4.09. The molecule has 2 rings (SSSR count). The predicted molar refractivity (Wildman–Crippen MR) is 77.8 cm³/mol. The van der Waals surface area contributed by atoms with Crippen molar-refractivity contribution in [3.63, 3.8) is 0 Å². The smallest absolute Gasteiger partial charge is 0.162 e. The molecule has 0 aromatic heterocycles. The molecule has 1 aliphatic rings. The van der Waals surface area contributed by atoms with E-state index < -0.39 is 5.60 Å². The number of hydrogen-bond donors (Lipinski definition) is 1. The summed E-state index contributed by atoms with van der Waals surface area (Å²) in [5.41, 5.74) is 0.422. The molecule has 0 saturated carbocycles. The molecule has 5 heteroatoms. The Morgan fingerprint density at radius 3 is 2.42 bits per heavy atom. The van der Waals surface area contributed by atoms with Crippen LogP contribution in [0, 0.1) is 0 Å². The number of aliphatic hydroxyl groups is 1. The minimum Gasteiger partial charge on any atom is -0.486 e. The maximum Gasteiger partial charge on any atom is 0.162 e. The number of benzene rings is 1. The fourth-order valence-corrected chi connectivity index (χ4v) is 2.68. The highest BCUT2D eigenvalue weighted by Gasteiger charge is 2.19. The van der Waals surface area contributed by atoms with Gasteiger partial charge in [-0.3, -0.25) is 4.90 Å². The summed E-state index contributed by atoms with van der Waals surface area (Å²) < 4.78 is 12.1. The van der Waals surface area contributed by atoms with Gasteiger partial charge in [0.1, 0.15) is 13.2 Å². The van der Waals surface area contributed by atoms with Gasteiger partial charge in [0.25, 0.3) is 0 Å². The van der Waals surface area contributed by atoms with Crippen molar-refractivity contribution in [1.29, 1.82) is 0 Å². The zero-order chi connectivity index (χ0) is 14.0. The van der Waals surface area contributed by atoms with Gasteiger partial charge in [0.15, 0.2) is 11.5 Å². The normalized spacial score (nSPS) is 14.8. The maximum absolute atomic E-state index is 9.83. The lowest BCUT2D eigenvalue weighted by Crippen LogP contribution is -2.35. The van der Waals surface area contributed by atoms with Crippen molar-refractivity contribution in [3.8, 4) is 11.5 Å². The Labute approximate surface area is 122 Å². The predicted octanol–water partition coefficient (Wildman–Crippen LogP) is 2.42. The molecule has 19 heavy (non-hydrogen) atoms. The first-order chi connectivity index (χ1) is 8.85. The third-order valence-corrected chi connectivity index (χ3v) is 3.55. The number of ether oxygens (including phenoxy) is 2. The van der Waals surface area contributed by atoms with Gasteiger partial charge < -0.3 is 14.6 Å². The average molecular weight is 330 g/mol. The summed E-state index contributed by atoms with van der Waals surface area (Å²) in [6, 6.07) is 3.95. The van der Waals surface area contributed by atoms with E-state index in [1.54, 1.807) is 0 Å². The lowest BCUT2D eigenvalue weighted by Gasteiger charge is -2.26. The van der Waals surface area contributed by atoms with E-state index in [4.69, 9.17) is 9.47 Å². The van der Waals surface area contributed by atoms with Gasteiger partial charge in [-0.1, -0.05) is 15.9 Å². The van der Waals surface area contributed by atoms with Gasteiger partial charge in [-0.05, 0) is 38.6 Å². The SMILES string of the molecule is CN(Cc1cc2c(cc1Br)OCCO2)CC(C)(C)O. The molecular formula is C14H20BrNO3. The van der Waals surface area contributed by atoms with Crippen molar-refractivity contribution in [2.75, 3.05) is 26.8 Å². The molecule has 0 bridgehead atoms. The first kappa shape index (κ1) is 14.6. The van der Waals surface area contributed by atoms with Crippen molar-refractivity contribution in [2.45, 2.75) is 26.0 Å². The van der Waals surface area contributed by atoms with Gasteiger partial charge in [0, 0.05) is 17.6 Å². The van der Waals surface area contributed by atoms with Crippen molar-refractivity contribution < 1.29 is 14.6 Å². The van der Waals surface area contributed by atoms with Crippen LogP contribution in [0.2, 0.25) is 0 Å². The first-order valence-corrected chi connectivity index (χ1v) is 7.13. The summed E-state index contributed by atoms with van der Waals surface area (Å²) in [7, 11) is 1.99. The molecule has 0 radical (unpaired) electrons. The minimum absolute atomic E-state index is 0.591.